The van der Waals surface area contributed by atoms with Crippen molar-refractivity contribution in [1.82, 2.24) is 15.3 Å². The molecule has 0 bridgehead atoms. The van der Waals surface area contributed by atoms with Crippen molar-refractivity contribution in [3.63, 3.8) is 0 Å². The van der Waals surface area contributed by atoms with E-state index in [4.69, 9.17) is 0 Å². The second-order valence-electron chi connectivity index (χ2n) is 6.34. The number of thiazole rings is 1. The lowest BCUT2D eigenvalue weighted by Gasteiger charge is -2.06. The predicted molar refractivity (Wildman–Crippen MR) is 110 cm³/mol. The first kappa shape index (κ1) is 17.4. The molecule has 0 aliphatic carbocycles. The van der Waals surface area contributed by atoms with E-state index in [9.17, 15) is 4.79 Å². The van der Waals surface area contributed by atoms with Crippen LogP contribution in [0, 0.1) is 6.92 Å². The number of carbonyl (C=O) groups excluding carboxylic acids is 1. The first-order chi connectivity index (χ1) is 13.2. The highest BCUT2D eigenvalue weighted by Gasteiger charge is 2.08. The summed E-state index contributed by atoms with van der Waals surface area (Å²) in [5.74, 6) is -0.143. The predicted octanol–water partition coefficient (Wildman–Crippen LogP) is 4.64. The molecule has 0 saturated heterocycles. The molecule has 1 amide bonds. The zero-order chi connectivity index (χ0) is 18.6. The van der Waals surface area contributed by atoms with E-state index in [-0.39, 0.29) is 5.91 Å². The van der Waals surface area contributed by atoms with E-state index in [0.29, 0.717) is 12.2 Å². The van der Waals surface area contributed by atoms with Gasteiger partial charge in [-0.1, -0.05) is 48.5 Å². The summed E-state index contributed by atoms with van der Waals surface area (Å²) in [6.45, 7) is 2.58. The molecule has 0 aliphatic heterocycles. The van der Waals surface area contributed by atoms with Gasteiger partial charge in [-0.25, -0.2) is 9.97 Å². The minimum Gasteiger partial charge on any atom is -0.350 e. The molecule has 0 saturated carbocycles. The van der Waals surface area contributed by atoms with Crippen LogP contribution in [0.2, 0.25) is 0 Å². The summed E-state index contributed by atoms with van der Waals surface area (Å²) in [5, 5.41) is 7.12. The van der Waals surface area contributed by atoms with E-state index in [1.807, 2.05) is 37.3 Å². The van der Waals surface area contributed by atoms with Gasteiger partial charge in [0.2, 0.25) is 0 Å². The molecular weight excluding hydrogens is 354 g/mol. The van der Waals surface area contributed by atoms with Crippen LogP contribution in [0.15, 0.2) is 66.0 Å². The Bertz CT molecular complexity index is 1090. The molecule has 27 heavy (non-hydrogen) atoms. The van der Waals surface area contributed by atoms with Crippen molar-refractivity contribution in [2.75, 3.05) is 6.54 Å². The summed E-state index contributed by atoms with van der Waals surface area (Å²) in [4.78, 5) is 21.3. The Labute approximate surface area is 161 Å². The SMILES string of the molecule is Cc1nc(-c2ccc(CCNC(=O)c3ccc4ccccc4n3)cc2)cs1. The van der Waals surface area contributed by atoms with Gasteiger partial charge in [-0.15, -0.1) is 11.3 Å². The van der Waals surface area contributed by atoms with Gasteiger partial charge >= 0.3 is 0 Å². The monoisotopic (exact) mass is 373 g/mol. The summed E-state index contributed by atoms with van der Waals surface area (Å²) in [5.41, 5.74) is 4.59. The third kappa shape index (κ3) is 4.04. The minimum absolute atomic E-state index is 0.143. The molecule has 134 valence electrons. The number of carbonyl (C=O) groups is 1. The fourth-order valence-electron chi connectivity index (χ4n) is 2.94. The molecule has 0 spiro atoms. The molecule has 0 fully saturated rings. The zero-order valence-electron chi connectivity index (χ0n) is 15.0. The zero-order valence-corrected chi connectivity index (χ0v) is 15.8. The van der Waals surface area contributed by atoms with E-state index in [1.54, 1.807) is 17.4 Å². The van der Waals surface area contributed by atoms with Gasteiger partial charge < -0.3 is 5.32 Å². The second-order valence-corrected chi connectivity index (χ2v) is 7.41. The minimum atomic E-state index is -0.143. The number of nitrogens with one attached hydrogen (secondary N) is 1. The summed E-state index contributed by atoms with van der Waals surface area (Å²) in [6.07, 6.45) is 0.774. The first-order valence-electron chi connectivity index (χ1n) is 8.84. The molecule has 2 heterocycles. The smallest absolute Gasteiger partial charge is 0.269 e. The Hall–Kier alpha value is -3.05. The normalized spacial score (nSPS) is 10.9. The fraction of sp³-hybridized carbons (Fsp3) is 0.136. The molecular formula is C22H19N3OS. The quantitative estimate of drug-likeness (QED) is 0.554. The van der Waals surface area contributed by atoms with Gasteiger partial charge in [-0.2, -0.15) is 0 Å². The Morgan fingerprint density at radius 2 is 1.81 bits per heavy atom. The fourth-order valence-corrected chi connectivity index (χ4v) is 3.56. The van der Waals surface area contributed by atoms with Crippen molar-refractivity contribution >= 4 is 28.1 Å². The van der Waals surface area contributed by atoms with Crippen LogP contribution >= 0.6 is 11.3 Å². The number of aromatic nitrogens is 2. The van der Waals surface area contributed by atoms with Crippen LogP contribution in [-0.4, -0.2) is 22.4 Å². The maximum absolute atomic E-state index is 12.3. The molecule has 2 aromatic heterocycles. The number of benzene rings is 2. The molecule has 0 radical (unpaired) electrons. The first-order valence-corrected chi connectivity index (χ1v) is 9.72. The second kappa shape index (κ2) is 7.68. The van der Waals surface area contributed by atoms with E-state index in [0.717, 1.165) is 33.6 Å². The standard InChI is InChI=1S/C22H19N3OS/c1-15-24-21(14-27-15)18-8-6-16(7-9-18)12-13-23-22(26)20-11-10-17-4-2-3-5-19(17)25-20/h2-11,14H,12-13H2,1H3,(H,23,26). The molecule has 0 unspecified atom stereocenters. The number of para-hydroxylation sites is 1. The Kier molecular flexibility index (Phi) is 4.94. The van der Waals surface area contributed by atoms with Gasteiger partial charge in [-0.05, 0) is 31.0 Å². The summed E-state index contributed by atoms with van der Waals surface area (Å²) in [6, 6.07) is 19.8. The molecule has 5 heteroatoms. The molecule has 0 atom stereocenters. The number of rotatable bonds is 5. The van der Waals surface area contributed by atoms with Crippen LogP contribution in [0.1, 0.15) is 21.1 Å². The number of nitrogens with zero attached hydrogens (tertiary/aromatic N) is 2. The molecule has 4 rings (SSSR count). The number of aryl methyl sites for hydroxylation is 1. The van der Waals surface area contributed by atoms with Gasteiger partial charge in [0.1, 0.15) is 5.69 Å². The molecule has 1 N–H and O–H groups in total. The number of amides is 1. The lowest BCUT2D eigenvalue weighted by molar-refractivity contribution is 0.0949. The van der Waals surface area contributed by atoms with Crippen molar-refractivity contribution in [2.24, 2.45) is 0 Å². The maximum Gasteiger partial charge on any atom is 0.269 e. The molecule has 0 aliphatic rings. The third-order valence-corrected chi connectivity index (χ3v) is 5.17. The van der Waals surface area contributed by atoms with Gasteiger partial charge in [0.15, 0.2) is 0 Å². The number of pyridine rings is 1. The molecule has 2 aromatic carbocycles. The van der Waals surface area contributed by atoms with Crippen molar-refractivity contribution in [3.8, 4) is 11.3 Å². The summed E-state index contributed by atoms with van der Waals surface area (Å²) >= 11 is 1.65. The van der Waals surface area contributed by atoms with E-state index in [2.05, 4.69) is 44.9 Å². The third-order valence-electron chi connectivity index (χ3n) is 4.40. The van der Waals surface area contributed by atoms with Crippen LogP contribution < -0.4 is 5.32 Å². The highest BCUT2D eigenvalue weighted by atomic mass is 32.1. The summed E-state index contributed by atoms with van der Waals surface area (Å²) in [7, 11) is 0. The molecule has 4 aromatic rings. The van der Waals surface area contributed by atoms with Crippen LogP contribution in [-0.2, 0) is 6.42 Å². The highest BCUT2D eigenvalue weighted by molar-refractivity contribution is 7.09. The van der Waals surface area contributed by atoms with Crippen LogP contribution in [0.5, 0.6) is 0 Å². The van der Waals surface area contributed by atoms with E-state index < -0.39 is 0 Å². The van der Waals surface area contributed by atoms with Crippen LogP contribution in [0.25, 0.3) is 22.2 Å². The van der Waals surface area contributed by atoms with Gasteiger partial charge in [0, 0.05) is 22.9 Å². The lowest BCUT2D eigenvalue weighted by atomic mass is 10.1. The van der Waals surface area contributed by atoms with Crippen molar-refractivity contribution in [3.05, 3.63) is 82.3 Å². The van der Waals surface area contributed by atoms with Crippen LogP contribution in [0.4, 0.5) is 0 Å². The van der Waals surface area contributed by atoms with Gasteiger partial charge in [0.05, 0.1) is 16.2 Å². The van der Waals surface area contributed by atoms with Crippen LogP contribution in [0.3, 0.4) is 0 Å². The molecule has 4 nitrogen and oxygen atoms in total. The number of fused-ring (bicyclic) bond motifs is 1. The highest BCUT2D eigenvalue weighted by Crippen LogP contribution is 2.21. The maximum atomic E-state index is 12.3. The van der Waals surface area contributed by atoms with E-state index in [1.165, 1.54) is 5.56 Å². The average Bonchev–Trinajstić information content (AvgIpc) is 3.14. The van der Waals surface area contributed by atoms with Crippen molar-refractivity contribution in [1.29, 1.82) is 0 Å². The average molecular weight is 373 g/mol. The van der Waals surface area contributed by atoms with E-state index >= 15 is 0 Å². The van der Waals surface area contributed by atoms with Crippen molar-refractivity contribution in [2.45, 2.75) is 13.3 Å². The lowest BCUT2D eigenvalue weighted by Crippen LogP contribution is -2.26. The van der Waals surface area contributed by atoms with Gasteiger partial charge in [-0.3, -0.25) is 4.79 Å². The number of hydrogen-bond donors (Lipinski definition) is 1. The Morgan fingerprint density at radius 3 is 2.59 bits per heavy atom. The Morgan fingerprint density at radius 1 is 1.00 bits per heavy atom. The van der Waals surface area contributed by atoms with Crippen molar-refractivity contribution < 1.29 is 4.79 Å². The van der Waals surface area contributed by atoms with Gasteiger partial charge in [0.25, 0.3) is 5.91 Å². The largest absolute Gasteiger partial charge is 0.350 e. The number of hydrogen-bond acceptors (Lipinski definition) is 4. The topological polar surface area (TPSA) is 54.9 Å². The Balaban J connectivity index is 1.35. The summed E-state index contributed by atoms with van der Waals surface area (Å²) < 4.78 is 0.